The minimum absolute atomic E-state index is 0.0275. The van der Waals surface area contributed by atoms with E-state index in [1.165, 1.54) is 0 Å². The Kier molecular flexibility index (Phi) is 1.90. The molecule has 0 aromatic carbocycles. The van der Waals surface area contributed by atoms with Crippen molar-refractivity contribution in [2.24, 2.45) is 16.2 Å². The van der Waals surface area contributed by atoms with Crippen LogP contribution in [-0.2, 0) is 4.79 Å². The molecular weight excluding hydrogens is 148 g/mol. The summed E-state index contributed by atoms with van der Waals surface area (Å²) in [6, 6.07) is 0. The van der Waals surface area contributed by atoms with E-state index in [-0.39, 0.29) is 10.8 Å². The van der Waals surface area contributed by atoms with Crippen molar-refractivity contribution in [3.8, 4) is 0 Å². The minimum atomic E-state index is -0.0275. The van der Waals surface area contributed by atoms with Crippen LogP contribution in [0.1, 0.15) is 47.5 Å². The number of carbonyl (C=O) groups excluding carboxylic acids is 1. The van der Waals surface area contributed by atoms with Gasteiger partial charge in [0.2, 0.25) is 0 Å². The highest BCUT2D eigenvalue weighted by Crippen LogP contribution is 2.66. The maximum atomic E-state index is 10.8. The zero-order chi connectivity index (χ0) is 9.62. The second-order valence-corrected chi connectivity index (χ2v) is 6.01. The molecule has 0 aromatic heterocycles. The summed E-state index contributed by atoms with van der Waals surface area (Å²) < 4.78 is 0. The summed E-state index contributed by atoms with van der Waals surface area (Å²) in [7, 11) is 0. The third kappa shape index (κ3) is 1.55. The number of rotatable bonds is 2. The van der Waals surface area contributed by atoms with Crippen molar-refractivity contribution < 1.29 is 4.79 Å². The zero-order valence-electron chi connectivity index (χ0n) is 8.90. The van der Waals surface area contributed by atoms with Crippen LogP contribution in [0.25, 0.3) is 0 Å². The van der Waals surface area contributed by atoms with Gasteiger partial charge < -0.3 is 4.79 Å². The Morgan fingerprint density at radius 2 is 1.83 bits per heavy atom. The van der Waals surface area contributed by atoms with Gasteiger partial charge in [-0.1, -0.05) is 34.6 Å². The van der Waals surface area contributed by atoms with Crippen LogP contribution in [0.3, 0.4) is 0 Å². The predicted octanol–water partition coefficient (Wildman–Crippen LogP) is 3.04. The molecule has 1 saturated carbocycles. The van der Waals surface area contributed by atoms with Crippen LogP contribution in [0.5, 0.6) is 0 Å². The minimum Gasteiger partial charge on any atom is -0.303 e. The van der Waals surface area contributed by atoms with Crippen LogP contribution in [-0.4, -0.2) is 6.29 Å². The van der Waals surface area contributed by atoms with E-state index in [1.807, 2.05) is 0 Å². The molecule has 0 radical (unpaired) electrons. The molecule has 12 heavy (non-hydrogen) atoms. The van der Waals surface area contributed by atoms with Gasteiger partial charge >= 0.3 is 0 Å². The smallest absolute Gasteiger partial charge is 0.126 e. The second-order valence-electron chi connectivity index (χ2n) is 6.01. The molecule has 1 aliphatic rings. The largest absolute Gasteiger partial charge is 0.303 e. The van der Waals surface area contributed by atoms with Crippen LogP contribution >= 0.6 is 0 Å². The van der Waals surface area contributed by atoms with Crippen molar-refractivity contribution in [2.75, 3.05) is 0 Å². The highest BCUT2D eigenvalue weighted by atomic mass is 16.1. The van der Waals surface area contributed by atoms with E-state index in [2.05, 4.69) is 34.6 Å². The molecule has 0 aliphatic heterocycles. The van der Waals surface area contributed by atoms with Crippen LogP contribution in [0.15, 0.2) is 0 Å². The van der Waals surface area contributed by atoms with Crippen LogP contribution < -0.4 is 0 Å². The molecule has 0 heterocycles. The molecule has 2 unspecified atom stereocenters. The molecule has 0 saturated heterocycles. The van der Waals surface area contributed by atoms with E-state index in [1.54, 1.807) is 0 Å². The van der Waals surface area contributed by atoms with Gasteiger partial charge in [0.15, 0.2) is 0 Å². The molecule has 1 aliphatic carbocycles. The van der Waals surface area contributed by atoms with Gasteiger partial charge in [-0.3, -0.25) is 0 Å². The Morgan fingerprint density at radius 3 is 2.08 bits per heavy atom. The summed E-state index contributed by atoms with van der Waals surface area (Å²) in [5, 5.41) is 0. The highest BCUT2D eigenvalue weighted by molar-refractivity contribution is 5.65. The van der Waals surface area contributed by atoms with E-state index in [4.69, 9.17) is 0 Å². The van der Waals surface area contributed by atoms with Crippen molar-refractivity contribution in [1.29, 1.82) is 0 Å². The number of hydrogen-bond acceptors (Lipinski definition) is 1. The molecule has 0 amide bonds. The third-order valence-electron chi connectivity index (χ3n) is 3.19. The van der Waals surface area contributed by atoms with Gasteiger partial charge in [-0.05, 0) is 23.7 Å². The monoisotopic (exact) mass is 168 g/mol. The number of carbonyl (C=O) groups is 1. The molecule has 70 valence electrons. The van der Waals surface area contributed by atoms with Crippen molar-refractivity contribution in [2.45, 2.75) is 47.5 Å². The van der Waals surface area contributed by atoms with Gasteiger partial charge in [-0.25, -0.2) is 0 Å². The fourth-order valence-electron chi connectivity index (χ4n) is 2.39. The lowest BCUT2D eigenvalue weighted by atomic mass is 9.80. The highest BCUT2D eigenvalue weighted by Gasteiger charge is 2.61. The Morgan fingerprint density at radius 1 is 1.33 bits per heavy atom. The fraction of sp³-hybridized carbons (Fsp3) is 0.909. The van der Waals surface area contributed by atoms with Gasteiger partial charge in [0.05, 0.1) is 0 Å². The van der Waals surface area contributed by atoms with Crippen molar-refractivity contribution >= 4 is 6.29 Å². The van der Waals surface area contributed by atoms with Crippen molar-refractivity contribution in [1.82, 2.24) is 0 Å². The first-order chi connectivity index (χ1) is 5.22. The van der Waals surface area contributed by atoms with Gasteiger partial charge in [0.25, 0.3) is 0 Å². The summed E-state index contributed by atoms with van der Waals surface area (Å²) in [5.74, 6) is 0. The summed E-state index contributed by atoms with van der Waals surface area (Å²) in [4.78, 5) is 10.8. The van der Waals surface area contributed by atoms with E-state index in [0.29, 0.717) is 5.41 Å². The SMILES string of the molecule is CC(C)(C)CC1(C)CC1(C)C=O. The van der Waals surface area contributed by atoms with Crippen LogP contribution in [0.4, 0.5) is 0 Å². The normalized spacial score (nSPS) is 41.1. The topological polar surface area (TPSA) is 17.1 Å². The average molecular weight is 168 g/mol. The Labute approximate surface area is 75.5 Å². The van der Waals surface area contributed by atoms with E-state index < -0.39 is 0 Å². The lowest BCUT2D eigenvalue weighted by molar-refractivity contribution is -0.112. The lowest BCUT2D eigenvalue weighted by Gasteiger charge is -2.25. The molecule has 1 fully saturated rings. The van der Waals surface area contributed by atoms with E-state index in [9.17, 15) is 4.79 Å². The van der Waals surface area contributed by atoms with Crippen LogP contribution in [0, 0.1) is 16.2 Å². The molecule has 1 heteroatoms. The Balaban J connectivity index is 2.62. The lowest BCUT2D eigenvalue weighted by Crippen LogP contribution is -2.17. The molecule has 0 N–H and O–H groups in total. The molecule has 1 nitrogen and oxygen atoms in total. The summed E-state index contributed by atoms with van der Waals surface area (Å²) in [6.45, 7) is 11.0. The van der Waals surface area contributed by atoms with Crippen LogP contribution in [0.2, 0.25) is 0 Å². The number of hydrogen-bond donors (Lipinski definition) is 0. The maximum absolute atomic E-state index is 10.8. The first-order valence-electron chi connectivity index (χ1n) is 4.69. The summed E-state index contributed by atoms with van der Waals surface area (Å²) >= 11 is 0. The predicted molar refractivity (Wildman–Crippen MR) is 51.0 cm³/mol. The van der Waals surface area contributed by atoms with Crippen molar-refractivity contribution in [3.63, 3.8) is 0 Å². The zero-order valence-corrected chi connectivity index (χ0v) is 8.90. The fourth-order valence-corrected chi connectivity index (χ4v) is 2.39. The molecule has 1 rings (SSSR count). The maximum Gasteiger partial charge on any atom is 0.126 e. The molecule has 2 atom stereocenters. The van der Waals surface area contributed by atoms with Gasteiger partial charge in [0, 0.05) is 5.41 Å². The molecule has 0 spiro atoms. The first kappa shape index (κ1) is 9.76. The first-order valence-corrected chi connectivity index (χ1v) is 4.69. The quantitative estimate of drug-likeness (QED) is 0.579. The van der Waals surface area contributed by atoms with Gasteiger partial charge in [-0.2, -0.15) is 0 Å². The Hall–Kier alpha value is -0.330. The average Bonchev–Trinajstić information content (AvgIpc) is 2.31. The molecule has 0 bridgehead atoms. The summed E-state index contributed by atoms with van der Waals surface area (Å²) in [6.07, 6.45) is 3.36. The molecular formula is C11H20O. The standard InChI is InChI=1S/C11H20O/c1-9(2,3)6-10(4)7-11(10,5)8-12/h8H,6-7H2,1-5H3. The van der Waals surface area contributed by atoms with E-state index in [0.717, 1.165) is 19.1 Å². The van der Waals surface area contributed by atoms with Gasteiger partial charge in [-0.15, -0.1) is 0 Å². The summed E-state index contributed by atoms with van der Waals surface area (Å²) in [5.41, 5.74) is 0.586. The number of aldehydes is 1. The van der Waals surface area contributed by atoms with Gasteiger partial charge in [0.1, 0.15) is 6.29 Å². The second kappa shape index (κ2) is 2.34. The van der Waals surface area contributed by atoms with E-state index >= 15 is 0 Å². The molecule has 0 aromatic rings. The Bertz CT molecular complexity index is 202. The third-order valence-corrected chi connectivity index (χ3v) is 3.19. The van der Waals surface area contributed by atoms with Crippen molar-refractivity contribution in [3.05, 3.63) is 0 Å².